The average Bonchev–Trinajstić information content (AvgIpc) is 3.67. The van der Waals surface area contributed by atoms with Crippen molar-refractivity contribution in [2.75, 3.05) is 0 Å². The first-order valence-electron chi connectivity index (χ1n) is 17.0. The van der Waals surface area contributed by atoms with Gasteiger partial charge in [-0.25, -0.2) is 9.97 Å². The molecule has 9 aromatic rings. The summed E-state index contributed by atoms with van der Waals surface area (Å²) < 4.78 is 2.41. The monoisotopic (exact) mass is 623 g/mol. The fraction of sp³-hybridized carbons (Fsp3) is 0.0435. The number of rotatable bonds is 3. The van der Waals surface area contributed by atoms with Crippen molar-refractivity contribution in [2.24, 2.45) is 0 Å². The zero-order valence-electron chi connectivity index (χ0n) is 26.6. The predicted octanol–water partition coefficient (Wildman–Crippen LogP) is 11.4. The Kier molecular flexibility index (Phi) is 5.50. The Balaban J connectivity index is 1.30. The lowest BCUT2D eigenvalue weighted by atomic mass is 9.76. The van der Waals surface area contributed by atoms with E-state index < -0.39 is 0 Å². The molecule has 0 saturated heterocycles. The van der Waals surface area contributed by atoms with Gasteiger partial charge in [-0.3, -0.25) is 4.57 Å². The first-order chi connectivity index (χ1) is 24.3. The zero-order chi connectivity index (χ0) is 32.1. The van der Waals surface area contributed by atoms with E-state index in [4.69, 9.17) is 9.97 Å². The molecule has 228 valence electrons. The molecule has 1 atom stereocenters. The topological polar surface area (TPSA) is 30.7 Å². The lowest BCUT2D eigenvalue weighted by molar-refractivity contribution is 0.817. The fourth-order valence-electron chi connectivity index (χ4n) is 8.62. The van der Waals surface area contributed by atoms with Crippen LogP contribution in [0, 0.1) is 0 Å². The van der Waals surface area contributed by atoms with Crippen molar-refractivity contribution in [2.45, 2.75) is 12.3 Å². The van der Waals surface area contributed by atoms with Gasteiger partial charge in [0.05, 0.1) is 16.6 Å². The highest BCUT2D eigenvalue weighted by atomic mass is 15.1. The lowest BCUT2D eigenvalue weighted by Gasteiger charge is -2.26. The molecular formula is C46H29N3. The van der Waals surface area contributed by atoms with Crippen molar-refractivity contribution in [3.05, 3.63) is 174 Å². The van der Waals surface area contributed by atoms with Gasteiger partial charge in [-0.15, -0.1) is 0 Å². The van der Waals surface area contributed by atoms with Crippen LogP contribution >= 0.6 is 0 Å². The van der Waals surface area contributed by atoms with Gasteiger partial charge in [-0.05, 0) is 86.8 Å². The maximum Gasteiger partial charge on any atom is 0.162 e. The summed E-state index contributed by atoms with van der Waals surface area (Å²) >= 11 is 0. The number of benzene rings is 7. The Bertz CT molecular complexity index is 2790. The van der Waals surface area contributed by atoms with Crippen LogP contribution in [-0.4, -0.2) is 14.5 Å². The van der Waals surface area contributed by atoms with Gasteiger partial charge in [0.15, 0.2) is 5.82 Å². The maximum atomic E-state index is 5.39. The zero-order valence-corrected chi connectivity index (χ0v) is 26.6. The molecule has 11 rings (SSSR count). The largest absolute Gasteiger partial charge is 0.293 e. The molecule has 0 amide bonds. The Morgan fingerprint density at radius 3 is 2.08 bits per heavy atom. The molecule has 1 unspecified atom stereocenters. The van der Waals surface area contributed by atoms with E-state index in [1.807, 2.05) is 6.07 Å². The van der Waals surface area contributed by atoms with Crippen LogP contribution in [-0.2, 0) is 6.42 Å². The molecule has 0 aliphatic heterocycles. The summed E-state index contributed by atoms with van der Waals surface area (Å²) in [5, 5.41) is 3.58. The van der Waals surface area contributed by atoms with Crippen molar-refractivity contribution < 1.29 is 0 Å². The summed E-state index contributed by atoms with van der Waals surface area (Å²) in [5.74, 6) is 1.95. The highest BCUT2D eigenvalue weighted by Gasteiger charge is 2.38. The van der Waals surface area contributed by atoms with E-state index in [0.717, 1.165) is 40.0 Å². The van der Waals surface area contributed by atoms with Gasteiger partial charge in [0, 0.05) is 27.6 Å². The maximum absolute atomic E-state index is 5.39. The van der Waals surface area contributed by atoms with Crippen molar-refractivity contribution in [1.29, 1.82) is 0 Å². The highest BCUT2D eigenvalue weighted by Crippen LogP contribution is 2.58. The van der Waals surface area contributed by atoms with Crippen LogP contribution in [0.4, 0.5) is 0 Å². The van der Waals surface area contributed by atoms with Crippen LogP contribution in [0.3, 0.4) is 0 Å². The lowest BCUT2D eigenvalue weighted by Crippen LogP contribution is -2.10. The summed E-state index contributed by atoms with van der Waals surface area (Å²) in [6.45, 7) is 0. The first-order valence-corrected chi connectivity index (χ1v) is 17.0. The molecule has 0 saturated carbocycles. The minimum Gasteiger partial charge on any atom is -0.293 e. The van der Waals surface area contributed by atoms with E-state index in [2.05, 4.69) is 156 Å². The van der Waals surface area contributed by atoms with Crippen LogP contribution in [0.2, 0.25) is 0 Å². The molecule has 0 N–H and O–H groups in total. The second-order valence-electron chi connectivity index (χ2n) is 13.3. The first kappa shape index (κ1) is 26.7. The van der Waals surface area contributed by atoms with Crippen molar-refractivity contribution in [3.63, 3.8) is 0 Å². The molecule has 0 spiro atoms. The molecule has 7 aromatic carbocycles. The van der Waals surface area contributed by atoms with Gasteiger partial charge < -0.3 is 0 Å². The molecule has 3 heteroatoms. The molecular weight excluding hydrogens is 595 g/mol. The second kappa shape index (κ2) is 10.1. The standard InChI is InChI=1S/C46H29N3/c1-3-13-28(14-4-1)30-23-24-33-36(25-30)38-27-41-43(44-32-18-8-7-17-31(32)26-37(33)42(38)44)35-20-10-12-22-40(35)49(41)46-34-19-9-11-21-39(34)47-45(48-46)29-15-5-2-6-16-29/h1-25,27,37H,26H2. The molecule has 49 heavy (non-hydrogen) atoms. The molecule has 2 heterocycles. The van der Waals surface area contributed by atoms with Crippen molar-refractivity contribution in [1.82, 2.24) is 14.5 Å². The van der Waals surface area contributed by atoms with Crippen LogP contribution in [0.5, 0.6) is 0 Å². The highest BCUT2D eigenvalue weighted by molar-refractivity contribution is 6.20. The van der Waals surface area contributed by atoms with Crippen LogP contribution < -0.4 is 0 Å². The van der Waals surface area contributed by atoms with Gasteiger partial charge >= 0.3 is 0 Å². The third kappa shape index (κ3) is 3.78. The van der Waals surface area contributed by atoms with E-state index in [0.29, 0.717) is 5.92 Å². The molecule has 0 fully saturated rings. The third-order valence-corrected chi connectivity index (χ3v) is 10.7. The van der Waals surface area contributed by atoms with E-state index in [1.165, 1.54) is 66.4 Å². The second-order valence-corrected chi connectivity index (χ2v) is 13.3. The molecule has 3 nitrogen and oxygen atoms in total. The average molecular weight is 624 g/mol. The van der Waals surface area contributed by atoms with Gasteiger partial charge in [0.1, 0.15) is 5.82 Å². The van der Waals surface area contributed by atoms with E-state index >= 15 is 0 Å². The number of fused-ring (bicyclic) bond motifs is 10. The normalized spacial score (nSPS) is 14.2. The molecule has 0 radical (unpaired) electrons. The van der Waals surface area contributed by atoms with Crippen LogP contribution in [0.1, 0.15) is 22.6 Å². The summed E-state index contributed by atoms with van der Waals surface area (Å²) in [7, 11) is 0. The summed E-state index contributed by atoms with van der Waals surface area (Å²) in [6, 6.07) is 57.0. The third-order valence-electron chi connectivity index (χ3n) is 10.7. The Morgan fingerprint density at radius 1 is 0.510 bits per heavy atom. The fourth-order valence-corrected chi connectivity index (χ4v) is 8.62. The number of hydrogen-bond donors (Lipinski definition) is 0. The number of para-hydroxylation sites is 2. The summed E-state index contributed by atoms with van der Waals surface area (Å²) in [4.78, 5) is 10.4. The smallest absolute Gasteiger partial charge is 0.162 e. The number of hydrogen-bond acceptors (Lipinski definition) is 2. The van der Waals surface area contributed by atoms with E-state index in [-0.39, 0.29) is 0 Å². The van der Waals surface area contributed by atoms with Crippen molar-refractivity contribution >= 4 is 32.7 Å². The summed E-state index contributed by atoms with van der Waals surface area (Å²) in [5.41, 5.74) is 16.4. The van der Waals surface area contributed by atoms with E-state index in [9.17, 15) is 0 Å². The number of nitrogens with zero attached hydrogens (tertiary/aromatic N) is 3. The summed E-state index contributed by atoms with van der Waals surface area (Å²) in [6.07, 6.45) is 1.01. The van der Waals surface area contributed by atoms with Gasteiger partial charge in [0.25, 0.3) is 0 Å². The predicted molar refractivity (Wildman–Crippen MR) is 201 cm³/mol. The Hall–Kier alpha value is -6.32. The van der Waals surface area contributed by atoms with Gasteiger partial charge in [0.2, 0.25) is 0 Å². The van der Waals surface area contributed by atoms with Gasteiger partial charge in [-0.1, -0.05) is 127 Å². The number of aromatic nitrogens is 3. The molecule has 2 aromatic heterocycles. The Labute approximate surface area is 283 Å². The van der Waals surface area contributed by atoms with Crippen LogP contribution in [0.15, 0.2) is 158 Å². The Morgan fingerprint density at radius 2 is 1.22 bits per heavy atom. The SMILES string of the molecule is c1ccc(-c2ccc3c(c2)-c2cc4c(c5c2C3Cc2ccccc2-5)c2ccccc2n4-c2nc(-c3ccccc3)nc3ccccc23)cc1. The minimum atomic E-state index is 0.316. The van der Waals surface area contributed by atoms with Gasteiger partial charge in [-0.2, -0.15) is 0 Å². The molecule has 2 aliphatic carbocycles. The molecule has 2 aliphatic rings. The van der Waals surface area contributed by atoms with E-state index in [1.54, 1.807) is 0 Å². The van der Waals surface area contributed by atoms with Crippen LogP contribution in [0.25, 0.3) is 83.3 Å². The minimum absolute atomic E-state index is 0.316. The van der Waals surface area contributed by atoms with Crippen molar-refractivity contribution in [3.8, 4) is 50.6 Å². The molecule has 0 bridgehead atoms. The quantitative estimate of drug-likeness (QED) is 0.196.